The maximum Gasteiger partial charge on any atom is 0.0682 e. The number of aromatic nitrogens is 2. The second-order valence-electron chi connectivity index (χ2n) is 4.02. The molecule has 2 nitrogen and oxygen atoms in total. The summed E-state index contributed by atoms with van der Waals surface area (Å²) in [7, 11) is 0. The molecule has 1 heterocycles. The SMILES string of the molecule is CCc1cc(C(C)C)cc2cn[nH]c12. The third kappa shape index (κ3) is 1.41. The fraction of sp³-hybridized carbons (Fsp3) is 0.417. The summed E-state index contributed by atoms with van der Waals surface area (Å²) in [6.45, 7) is 6.63. The van der Waals surface area contributed by atoms with E-state index in [0.717, 1.165) is 6.42 Å². The largest absolute Gasteiger partial charge is 0.278 e. The molecular formula is C12H16N2. The van der Waals surface area contributed by atoms with Crippen molar-refractivity contribution in [1.82, 2.24) is 10.2 Å². The van der Waals surface area contributed by atoms with Crippen LogP contribution in [0.5, 0.6) is 0 Å². The number of hydrogen-bond donors (Lipinski definition) is 1. The molecule has 0 spiro atoms. The van der Waals surface area contributed by atoms with E-state index in [-0.39, 0.29) is 0 Å². The Balaban J connectivity index is 2.67. The first-order valence-corrected chi connectivity index (χ1v) is 5.18. The Morgan fingerprint density at radius 2 is 2.14 bits per heavy atom. The molecule has 0 amide bonds. The van der Waals surface area contributed by atoms with E-state index in [0.29, 0.717) is 5.92 Å². The van der Waals surface area contributed by atoms with Gasteiger partial charge in [0.25, 0.3) is 0 Å². The van der Waals surface area contributed by atoms with Crippen molar-refractivity contribution in [1.29, 1.82) is 0 Å². The van der Waals surface area contributed by atoms with Crippen molar-refractivity contribution in [2.75, 3.05) is 0 Å². The number of benzene rings is 1. The van der Waals surface area contributed by atoms with E-state index >= 15 is 0 Å². The Morgan fingerprint density at radius 1 is 1.36 bits per heavy atom. The normalized spacial score (nSPS) is 11.4. The monoisotopic (exact) mass is 188 g/mol. The van der Waals surface area contributed by atoms with Gasteiger partial charge in [0.2, 0.25) is 0 Å². The Kier molecular flexibility index (Phi) is 2.28. The quantitative estimate of drug-likeness (QED) is 0.770. The van der Waals surface area contributed by atoms with Gasteiger partial charge in [0.1, 0.15) is 0 Å². The van der Waals surface area contributed by atoms with Gasteiger partial charge in [0.15, 0.2) is 0 Å². The van der Waals surface area contributed by atoms with Crippen LogP contribution in [-0.4, -0.2) is 10.2 Å². The van der Waals surface area contributed by atoms with Gasteiger partial charge in [-0.2, -0.15) is 5.10 Å². The van der Waals surface area contributed by atoms with E-state index in [1.807, 2.05) is 6.20 Å². The maximum atomic E-state index is 4.09. The summed E-state index contributed by atoms with van der Waals surface area (Å²) in [5.74, 6) is 0.583. The number of aryl methyl sites for hydroxylation is 1. The molecule has 0 saturated carbocycles. The van der Waals surface area contributed by atoms with Crippen molar-refractivity contribution in [2.45, 2.75) is 33.1 Å². The van der Waals surface area contributed by atoms with E-state index < -0.39 is 0 Å². The molecule has 1 N–H and O–H groups in total. The zero-order chi connectivity index (χ0) is 10.1. The molecule has 0 fully saturated rings. The molecule has 0 aliphatic rings. The Hall–Kier alpha value is -1.31. The van der Waals surface area contributed by atoms with E-state index in [2.05, 4.69) is 43.1 Å². The lowest BCUT2D eigenvalue weighted by atomic mass is 9.97. The van der Waals surface area contributed by atoms with Gasteiger partial charge < -0.3 is 0 Å². The van der Waals surface area contributed by atoms with Gasteiger partial charge in [0.05, 0.1) is 11.7 Å². The molecule has 14 heavy (non-hydrogen) atoms. The minimum atomic E-state index is 0.583. The molecule has 2 heteroatoms. The van der Waals surface area contributed by atoms with Crippen molar-refractivity contribution in [2.24, 2.45) is 0 Å². The lowest BCUT2D eigenvalue weighted by molar-refractivity contribution is 0.865. The highest BCUT2D eigenvalue weighted by Gasteiger charge is 2.06. The van der Waals surface area contributed by atoms with Crippen LogP contribution in [0, 0.1) is 0 Å². The molecule has 0 saturated heterocycles. The van der Waals surface area contributed by atoms with E-state index in [1.54, 1.807) is 0 Å². The highest BCUT2D eigenvalue weighted by Crippen LogP contribution is 2.23. The van der Waals surface area contributed by atoms with Gasteiger partial charge >= 0.3 is 0 Å². The van der Waals surface area contributed by atoms with Crippen molar-refractivity contribution in [3.63, 3.8) is 0 Å². The van der Waals surface area contributed by atoms with Crippen molar-refractivity contribution in [3.05, 3.63) is 29.5 Å². The summed E-state index contributed by atoms with van der Waals surface area (Å²) in [6.07, 6.45) is 2.96. The summed E-state index contributed by atoms with van der Waals surface area (Å²) in [6, 6.07) is 4.51. The lowest BCUT2D eigenvalue weighted by Gasteiger charge is -2.08. The van der Waals surface area contributed by atoms with Gasteiger partial charge in [-0.1, -0.05) is 26.8 Å². The van der Waals surface area contributed by atoms with Crippen LogP contribution in [0.4, 0.5) is 0 Å². The molecule has 0 unspecified atom stereocenters. The number of rotatable bonds is 2. The molecule has 1 aromatic carbocycles. The highest BCUT2D eigenvalue weighted by atomic mass is 15.1. The summed E-state index contributed by atoms with van der Waals surface area (Å²) < 4.78 is 0. The zero-order valence-electron chi connectivity index (χ0n) is 8.96. The molecule has 2 rings (SSSR count). The van der Waals surface area contributed by atoms with Gasteiger partial charge in [-0.05, 0) is 29.5 Å². The topological polar surface area (TPSA) is 28.7 Å². The van der Waals surface area contributed by atoms with Gasteiger partial charge in [-0.15, -0.1) is 0 Å². The Morgan fingerprint density at radius 3 is 2.79 bits per heavy atom. The van der Waals surface area contributed by atoms with Crippen molar-refractivity contribution in [3.8, 4) is 0 Å². The van der Waals surface area contributed by atoms with E-state index in [4.69, 9.17) is 0 Å². The van der Waals surface area contributed by atoms with E-state index in [9.17, 15) is 0 Å². The maximum absolute atomic E-state index is 4.09. The molecule has 0 radical (unpaired) electrons. The van der Waals surface area contributed by atoms with Crippen LogP contribution < -0.4 is 0 Å². The van der Waals surface area contributed by atoms with E-state index in [1.165, 1.54) is 22.0 Å². The predicted molar refractivity (Wildman–Crippen MR) is 59.6 cm³/mol. The molecule has 74 valence electrons. The number of aromatic amines is 1. The molecular weight excluding hydrogens is 172 g/mol. The zero-order valence-corrected chi connectivity index (χ0v) is 8.96. The number of H-pyrrole nitrogens is 1. The molecule has 0 bridgehead atoms. The first-order valence-electron chi connectivity index (χ1n) is 5.18. The highest BCUT2D eigenvalue weighted by molar-refractivity contribution is 5.82. The smallest absolute Gasteiger partial charge is 0.0682 e. The van der Waals surface area contributed by atoms with Gasteiger partial charge in [0, 0.05) is 5.39 Å². The molecule has 1 aromatic heterocycles. The number of fused-ring (bicyclic) bond motifs is 1. The fourth-order valence-electron chi connectivity index (χ4n) is 1.77. The fourth-order valence-corrected chi connectivity index (χ4v) is 1.77. The Bertz CT molecular complexity index is 441. The van der Waals surface area contributed by atoms with Crippen LogP contribution in [0.1, 0.15) is 37.8 Å². The minimum absolute atomic E-state index is 0.583. The van der Waals surface area contributed by atoms with Crippen LogP contribution in [-0.2, 0) is 6.42 Å². The first kappa shape index (κ1) is 9.25. The molecule has 0 aliphatic heterocycles. The predicted octanol–water partition coefficient (Wildman–Crippen LogP) is 3.25. The second-order valence-corrected chi connectivity index (χ2v) is 4.02. The average Bonchev–Trinajstić information content (AvgIpc) is 2.63. The summed E-state index contributed by atoms with van der Waals surface area (Å²) in [5, 5.41) is 8.37. The van der Waals surface area contributed by atoms with Crippen molar-refractivity contribution < 1.29 is 0 Å². The van der Waals surface area contributed by atoms with Crippen LogP contribution >= 0.6 is 0 Å². The lowest BCUT2D eigenvalue weighted by Crippen LogP contribution is -1.91. The third-order valence-electron chi connectivity index (χ3n) is 2.70. The van der Waals surface area contributed by atoms with Crippen LogP contribution in [0.3, 0.4) is 0 Å². The summed E-state index contributed by atoms with van der Waals surface area (Å²) in [4.78, 5) is 0. The van der Waals surface area contributed by atoms with Crippen LogP contribution in [0.25, 0.3) is 10.9 Å². The average molecular weight is 188 g/mol. The van der Waals surface area contributed by atoms with Gasteiger partial charge in [-0.25, -0.2) is 0 Å². The van der Waals surface area contributed by atoms with Crippen molar-refractivity contribution >= 4 is 10.9 Å². The minimum Gasteiger partial charge on any atom is -0.278 e. The molecule has 0 aliphatic carbocycles. The summed E-state index contributed by atoms with van der Waals surface area (Å²) >= 11 is 0. The third-order valence-corrected chi connectivity index (χ3v) is 2.70. The second kappa shape index (κ2) is 3.45. The Labute approximate surface area is 84.3 Å². The molecule has 2 aromatic rings. The van der Waals surface area contributed by atoms with Gasteiger partial charge in [-0.3, -0.25) is 5.10 Å². The molecule has 0 atom stereocenters. The first-order chi connectivity index (χ1) is 6.72. The number of nitrogens with zero attached hydrogens (tertiary/aromatic N) is 1. The van der Waals surface area contributed by atoms with Crippen LogP contribution in [0.15, 0.2) is 18.3 Å². The standard InChI is InChI=1S/C12H16N2/c1-4-9-5-10(8(2)3)6-11-7-13-14-12(9)11/h5-8H,4H2,1-3H3,(H,13,14). The van der Waals surface area contributed by atoms with Crippen LogP contribution in [0.2, 0.25) is 0 Å². The number of hydrogen-bond acceptors (Lipinski definition) is 1. The number of nitrogens with one attached hydrogen (secondary N) is 1. The summed E-state index contributed by atoms with van der Waals surface area (Å²) in [5.41, 5.74) is 3.95.